The number of aliphatic hydroxyl groups is 3. The molecule has 0 aromatic rings. The first kappa shape index (κ1) is 31.4. The topological polar surface area (TPSA) is 162 Å². The molecule has 0 amide bonds. The van der Waals surface area contributed by atoms with Crippen LogP contribution in [-0.4, -0.2) is 121 Å². The predicted molar refractivity (Wildman–Crippen MR) is 99.6 cm³/mol. The molecule has 0 aliphatic rings. The van der Waals surface area contributed by atoms with Crippen LogP contribution in [0, 0.1) is 5.41 Å². The van der Waals surface area contributed by atoms with Crippen LogP contribution in [0.5, 0.6) is 0 Å². The Morgan fingerprint density at radius 1 is 0.852 bits per heavy atom. The first-order valence-corrected chi connectivity index (χ1v) is 8.23. The number of carbonyl (C=O) groups excluding carboxylic acids is 1. The van der Waals surface area contributed by atoms with E-state index in [1.54, 1.807) is 0 Å². The number of carbonyl (C=O) groups is 3. The van der Waals surface area contributed by atoms with Gasteiger partial charge in [-0.05, 0) is 19.8 Å². The van der Waals surface area contributed by atoms with E-state index in [-0.39, 0.29) is 76.4 Å². The zero-order valence-electron chi connectivity index (χ0n) is 15.1. The first-order chi connectivity index (χ1) is 12.1. The van der Waals surface area contributed by atoms with Gasteiger partial charge in [0.25, 0.3) is 0 Å². The summed E-state index contributed by atoms with van der Waals surface area (Å²) < 4.78 is 4.72. The van der Waals surface area contributed by atoms with Crippen LogP contribution in [-0.2, 0) is 19.1 Å². The van der Waals surface area contributed by atoms with Crippen LogP contribution < -0.4 is 0 Å². The Bertz CT molecular complexity index is 421. The molecule has 0 heterocycles. The predicted octanol–water partition coefficient (Wildman–Crippen LogP) is -0.0833. The number of unbranched alkanes of at least 4 members (excludes halogenated alkanes) is 3. The van der Waals surface area contributed by atoms with Crippen LogP contribution in [0.1, 0.15) is 45.4 Å². The van der Waals surface area contributed by atoms with E-state index >= 15 is 0 Å². The minimum atomic E-state index is -1.18. The average Bonchev–Trinajstić information content (AvgIpc) is 2.59. The van der Waals surface area contributed by atoms with E-state index < -0.39 is 43.1 Å². The van der Waals surface area contributed by atoms with Gasteiger partial charge in [-0.3, -0.25) is 9.59 Å². The molecule has 0 saturated carbocycles. The second-order valence-electron chi connectivity index (χ2n) is 6.03. The van der Waals surface area contributed by atoms with E-state index in [4.69, 9.17) is 30.3 Å². The second-order valence-corrected chi connectivity index (χ2v) is 6.03. The van der Waals surface area contributed by atoms with E-state index in [1.165, 1.54) is 6.92 Å². The summed E-state index contributed by atoms with van der Waals surface area (Å²) >= 11 is 0. The van der Waals surface area contributed by atoms with Crippen molar-refractivity contribution in [1.82, 2.24) is 0 Å². The number of carboxylic acids is 2. The molecule has 0 aliphatic carbocycles. The number of carboxylic acid groups (broad SMARTS) is 2. The zero-order chi connectivity index (χ0) is 20.6. The van der Waals surface area contributed by atoms with Gasteiger partial charge in [-0.2, -0.15) is 0 Å². The van der Waals surface area contributed by atoms with Crippen LogP contribution in [0.15, 0.2) is 12.2 Å². The van der Waals surface area contributed by atoms with Gasteiger partial charge >= 0.3 is 69.3 Å². The molecule has 5 N–H and O–H groups in total. The number of ether oxygens (including phenoxy) is 1. The summed E-state index contributed by atoms with van der Waals surface area (Å²) in [6, 6.07) is 0. The number of hydrogen-bond acceptors (Lipinski definition) is 7. The van der Waals surface area contributed by atoms with E-state index in [0.717, 1.165) is 12.8 Å². The summed E-state index contributed by atoms with van der Waals surface area (Å²) in [6.07, 6.45) is 3.28. The average molecular weight is 419 g/mol. The Hall–Kier alpha value is -0.334. The minimum absolute atomic E-state index is 0. The van der Waals surface area contributed by atoms with Gasteiger partial charge < -0.3 is 30.3 Å². The fourth-order valence-electron chi connectivity index (χ4n) is 1.53. The Kier molecular flexibility index (Phi) is 22.1. The van der Waals surface area contributed by atoms with Crippen molar-refractivity contribution in [2.75, 3.05) is 26.4 Å². The third kappa shape index (κ3) is 18.8. The van der Waals surface area contributed by atoms with Crippen LogP contribution in [0.4, 0.5) is 0 Å². The zero-order valence-corrected chi connectivity index (χ0v) is 15.1. The van der Waals surface area contributed by atoms with Gasteiger partial charge in [-0.15, -0.1) is 0 Å². The van der Waals surface area contributed by atoms with Crippen molar-refractivity contribution in [1.29, 1.82) is 0 Å². The van der Waals surface area contributed by atoms with Crippen molar-refractivity contribution in [3.8, 4) is 0 Å². The van der Waals surface area contributed by atoms with Crippen LogP contribution >= 0.6 is 0 Å². The van der Waals surface area contributed by atoms with Crippen LogP contribution in [0.25, 0.3) is 0 Å². The van der Waals surface area contributed by atoms with Crippen LogP contribution in [0.2, 0.25) is 0 Å². The van der Waals surface area contributed by atoms with Crippen molar-refractivity contribution in [2.45, 2.75) is 45.4 Å². The Balaban J connectivity index is -0.000000416. The molecule has 0 saturated heterocycles. The van der Waals surface area contributed by atoms with Gasteiger partial charge in [0.1, 0.15) is 6.61 Å². The number of rotatable bonds is 13. The van der Waals surface area contributed by atoms with Gasteiger partial charge in [0.2, 0.25) is 0 Å². The molecule has 0 aromatic heterocycles. The summed E-state index contributed by atoms with van der Waals surface area (Å²) in [5.41, 5.74) is -0.946. The molecule has 154 valence electrons. The van der Waals surface area contributed by atoms with Crippen molar-refractivity contribution in [3.05, 3.63) is 12.2 Å². The molecule has 10 heteroatoms. The molecular weight excluding hydrogens is 387 g/mol. The fraction of sp³-hybridized carbons (Fsp3) is 0.706. The van der Waals surface area contributed by atoms with Crippen LogP contribution in [0.3, 0.4) is 0 Å². The second kappa shape index (κ2) is 19.0. The van der Waals surface area contributed by atoms with Crippen molar-refractivity contribution in [2.24, 2.45) is 5.41 Å². The van der Waals surface area contributed by atoms with E-state index in [0.29, 0.717) is 12.8 Å². The third-order valence-corrected chi connectivity index (χ3v) is 3.40. The van der Waals surface area contributed by atoms with Crippen molar-refractivity contribution < 1.29 is 44.7 Å². The third-order valence-electron chi connectivity index (χ3n) is 3.40. The normalized spacial score (nSPS) is 10.1. The summed E-state index contributed by atoms with van der Waals surface area (Å²) in [6.45, 7) is 3.26. The van der Waals surface area contributed by atoms with Gasteiger partial charge in [-0.25, -0.2) is 4.79 Å². The van der Waals surface area contributed by atoms with Crippen molar-refractivity contribution >= 4 is 69.3 Å². The first-order valence-electron chi connectivity index (χ1n) is 8.23. The van der Waals surface area contributed by atoms with E-state index in [9.17, 15) is 14.4 Å². The molecule has 9 nitrogen and oxygen atoms in total. The number of aliphatic carboxylic acids is 2. The van der Waals surface area contributed by atoms with Gasteiger partial charge in [0.15, 0.2) is 0 Å². The molecule has 0 aromatic carbocycles. The summed E-state index contributed by atoms with van der Waals surface area (Å²) in [4.78, 5) is 31.1. The Morgan fingerprint density at radius 2 is 1.22 bits per heavy atom. The van der Waals surface area contributed by atoms with Crippen molar-refractivity contribution in [3.63, 3.8) is 0 Å². The summed E-state index contributed by atoms with van der Waals surface area (Å²) in [5, 5.41) is 43.2. The SMILES string of the molecule is C=C(C)C(=O)OCC(CO)(CO)CO.O=C(O)CCCCCCC(=O)O.[KH]. The van der Waals surface area contributed by atoms with Gasteiger partial charge in [0.05, 0.1) is 25.2 Å². The van der Waals surface area contributed by atoms with E-state index in [1.807, 2.05) is 0 Å². The number of hydrogen-bond donors (Lipinski definition) is 5. The molecule has 0 radical (unpaired) electrons. The molecule has 27 heavy (non-hydrogen) atoms. The molecule has 0 unspecified atom stereocenters. The molecular formula is C17H31KO9. The van der Waals surface area contributed by atoms with E-state index in [2.05, 4.69) is 6.58 Å². The standard InChI is InChI=1S/C9H16O5.C8H14O4.K.H/c1-7(2)8(13)14-6-9(3-10,4-11)5-12;9-7(10)5-3-1-2-4-6-8(11)12;;/h10-12H,1,3-6H2,2H3;1-6H2,(H,9,10)(H,11,12);;. The van der Waals surface area contributed by atoms with Gasteiger partial charge in [0, 0.05) is 18.4 Å². The summed E-state index contributed by atoms with van der Waals surface area (Å²) in [5.74, 6) is -2.17. The molecule has 0 atom stereocenters. The molecule has 0 rings (SSSR count). The fourth-order valence-corrected chi connectivity index (χ4v) is 1.53. The molecule has 0 fully saturated rings. The quantitative estimate of drug-likeness (QED) is 0.119. The number of aliphatic hydroxyl groups excluding tert-OH is 3. The number of esters is 1. The molecule has 0 spiro atoms. The van der Waals surface area contributed by atoms with Gasteiger partial charge in [-0.1, -0.05) is 19.4 Å². The maximum atomic E-state index is 11.0. The Labute approximate surface area is 201 Å². The monoisotopic (exact) mass is 418 g/mol. The molecule has 0 bridgehead atoms. The molecule has 0 aliphatic heterocycles. The Morgan fingerprint density at radius 3 is 1.48 bits per heavy atom. The maximum absolute atomic E-state index is 11.0. The summed E-state index contributed by atoms with van der Waals surface area (Å²) in [7, 11) is 0.